The molecule has 2 aromatic rings. The Morgan fingerprint density at radius 2 is 1.55 bits per heavy atom. The standard InChI is InChI=1S/C18H21FO/c1-12-7-9-15(11-16(12)19)20-17-10-14(18(3,4)5)8-6-13(17)2/h6-11H,1-5H3. The third kappa shape index (κ3) is 3.19. The van der Waals surface area contributed by atoms with Crippen molar-refractivity contribution < 1.29 is 9.13 Å². The zero-order valence-electron chi connectivity index (χ0n) is 12.8. The van der Waals surface area contributed by atoms with Crippen LogP contribution >= 0.6 is 0 Å². The lowest BCUT2D eigenvalue weighted by Gasteiger charge is -2.21. The Morgan fingerprint density at radius 1 is 0.900 bits per heavy atom. The number of hydrogen-bond acceptors (Lipinski definition) is 1. The number of hydrogen-bond donors (Lipinski definition) is 0. The first-order valence-corrected chi connectivity index (χ1v) is 6.82. The predicted molar refractivity (Wildman–Crippen MR) is 81.1 cm³/mol. The van der Waals surface area contributed by atoms with E-state index in [-0.39, 0.29) is 11.2 Å². The van der Waals surface area contributed by atoms with E-state index in [0.717, 1.165) is 11.3 Å². The van der Waals surface area contributed by atoms with Crippen LogP contribution in [0.5, 0.6) is 11.5 Å². The van der Waals surface area contributed by atoms with Gasteiger partial charge in [0, 0.05) is 6.07 Å². The van der Waals surface area contributed by atoms with Crippen molar-refractivity contribution in [3.05, 3.63) is 58.9 Å². The van der Waals surface area contributed by atoms with Gasteiger partial charge in [0.1, 0.15) is 17.3 Å². The largest absolute Gasteiger partial charge is 0.457 e. The SMILES string of the molecule is Cc1ccc(Oc2cc(C(C)(C)C)ccc2C)cc1F. The second kappa shape index (κ2) is 5.28. The number of halogens is 1. The molecule has 1 nitrogen and oxygen atoms in total. The Morgan fingerprint density at radius 3 is 2.15 bits per heavy atom. The maximum atomic E-state index is 13.6. The van der Waals surface area contributed by atoms with E-state index in [1.807, 2.05) is 19.1 Å². The van der Waals surface area contributed by atoms with Gasteiger partial charge in [0.2, 0.25) is 0 Å². The smallest absolute Gasteiger partial charge is 0.130 e. The lowest BCUT2D eigenvalue weighted by molar-refractivity contribution is 0.469. The van der Waals surface area contributed by atoms with Gasteiger partial charge in [-0.25, -0.2) is 4.39 Å². The van der Waals surface area contributed by atoms with Crippen LogP contribution in [0.25, 0.3) is 0 Å². The summed E-state index contributed by atoms with van der Waals surface area (Å²) < 4.78 is 19.4. The van der Waals surface area contributed by atoms with Crippen molar-refractivity contribution >= 4 is 0 Å². The van der Waals surface area contributed by atoms with E-state index in [0.29, 0.717) is 11.3 Å². The molecular weight excluding hydrogens is 251 g/mol. The van der Waals surface area contributed by atoms with Crippen molar-refractivity contribution in [2.75, 3.05) is 0 Å². The highest BCUT2D eigenvalue weighted by Gasteiger charge is 2.15. The highest BCUT2D eigenvalue weighted by Crippen LogP contribution is 2.31. The summed E-state index contributed by atoms with van der Waals surface area (Å²) in [4.78, 5) is 0. The van der Waals surface area contributed by atoms with E-state index < -0.39 is 0 Å². The van der Waals surface area contributed by atoms with Crippen molar-refractivity contribution in [3.63, 3.8) is 0 Å². The lowest BCUT2D eigenvalue weighted by Crippen LogP contribution is -2.11. The average molecular weight is 272 g/mol. The normalized spacial score (nSPS) is 11.5. The minimum Gasteiger partial charge on any atom is -0.457 e. The highest BCUT2D eigenvalue weighted by atomic mass is 19.1. The molecule has 0 fully saturated rings. The molecule has 0 atom stereocenters. The van der Waals surface area contributed by atoms with E-state index >= 15 is 0 Å². The van der Waals surface area contributed by atoms with Crippen molar-refractivity contribution in [1.82, 2.24) is 0 Å². The van der Waals surface area contributed by atoms with Crippen LogP contribution in [-0.2, 0) is 5.41 Å². The molecule has 0 amide bonds. The second-order valence-corrected chi connectivity index (χ2v) is 6.24. The number of aryl methyl sites for hydroxylation is 2. The van der Waals surface area contributed by atoms with Crippen LogP contribution < -0.4 is 4.74 Å². The molecule has 0 saturated carbocycles. The Hall–Kier alpha value is -1.83. The summed E-state index contributed by atoms with van der Waals surface area (Å²) in [6, 6.07) is 11.1. The van der Waals surface area contributed by atoms with Gasteiger partial charge in [-0.3, -0.25) is 0 Å². The Labute approximate surface area is 120 Å². The van der Waals surface area contributed by atoms with E-state index in [9.17, 15) is 4.39 Å². The van der Waals surface area contributed by atoms with Gasteiger partial charge in [0.15, 0.2) is 0 Å². The van der Waals surface area contributed by atoms with E-state index in [1.165, 1.54) is 11.6 Å². The lowest BCUT2D eigenvalue weighted by atomic mass is 9.86. The molecule has 0 aliphatic carbocycles. The molecule has 0 unspecified atom stereocenters. The molecule has 0 radical (unpaired) electrons. The van der Waals surface area contributed by atoms with E-state index in [1.54, 1.807) is 19.1 Å². The molecule has 0 N–H and O–H groups in total. The molecule has 0 saturated heterocycles. The summed E-state index contributed by atoms with van der Waals surface area (Å²) in [5.41, 5.74) is 2.92. The van der Waals surface area contributed by atoms with E-state index in [4.69, 9.17) is 4.74 Å². The van der Waals surface area contributed by atoms with Crippen LogP contribution in [0.3, 0.4) is 0 Å². The van der Waals surface area contributed by atoms with E-state index in [2.05, 4.69) is 26.8 Å². The molecule has 0 heterocycles. The fraction of sp³-hybridized carbons (Fsp3) is 0.333. The van der Waals surface area contributed by atoms with Crippen LogP contribution in [0.2, 0.25) is 0 Å². The van der Waals surface area contributed by atoms with Gasteiger partial charge in [-0.2, -0.15) is 0 Å². The van der Waals surface area contributed by atoms with Crippen LogP contribution in [0, 0.1) is 19.7 Å². The Balaban J connectivity index is 2.35. The van der Waals surface area contributed by atoms with Crippen LogP contribution in [-0.4, -0.2) is 0 Å². The summed E-state index contributed by atoms with van der Waals surface area (Å²) in [6.07, 6.45) is 0. The molecular formula is C18H21FO. The van der Waals surface area contributed by atoms with Crippen molar-refractivity contribution in [2.45, 2.75) is 40.0 Å². The fourth-order valence-corrected chi connectivity index (χ4v) is 1.94. The minimum atomic E-state index is -0.243. The van der Waals surface area contributed by atoms with Crippen molar-refractivity contribution in [1.29, 1.82) is 0 Å². The second-order valence-electron chi connectivity index (χ2n) is 6.24. The Bertz CT molecular complexity index is 624. The van der Waals surface area contributed by atoms with Gasteiger partial charge in [-0.1, -0.05) is 39.0 Å². The summed E-state index contributed by atoms with van der Waals surface area (Å²) in [6.45, 7) is 10.2. The summed E-state index contributed by atoms with van der Waals surface area (Å²) in [5.74, 6) is 1.06. The average Bonchev–Trinajstić information content (AvgIpc) is 2.35. The number of rotatable bonds is 2. The molecule has 20 heavy (non-hydrogen) atoms. The fourth-order valence-electron chi connectivity index (χ4n) is 1.94. The van der Waals surface area contributed by atoms with Crippen LogP contribution in [0.1, 0.15) is 37.5 Å². The van der Waals surface area contributed by atoms with Gasteiger partial charge < -0.3 is 4.74 Å². The van der Waals surface area contributed by atoms with Gasteiger partial charge in [-0.15, -0.1) is 0 Å². The minimum absolute atomic E-state index is 0.0599. The third-order valence-electron chi connectivity index (χ3n) is 3.43. The molecule has 0 spiro atoms. The topological polar surface area (TPSA) is 9.23 Å². The zero-order valence-corrected chi connectivity index (χ0v) is 12.8. The van der Waals surface area contributed by atoms with Crippen molar-refractivity contribution in [3.8, 4) is 11.5 Å². The van der Waals surface area contributed by atoms with Gasteiger partial charge >= 0.3 is 0 Å². The monoisotopic (exact) mass is 272 g/mol. The maximum absolute atomic E-state index is 13.6. The molecule has 2 aromatic carbocycles. The van der Waals surface area contributed by atoms with Gasteiger partial charge in [-0.05, 0) is 48.1 Å². The number of benzene rings is 2. The maximum Gasteiger partial charge on any atom is 0.130 e. The molecule has 0 aliphatic rings. The summed E-state index contributed by atoms with van der Waals surface area (Å²) in [5, 5.41) is 0. The molecule has 0 aromatic heterocycles. The summed E-state index contributed by atoms with van der Waals surface area (Å²) >= 11 is 0. The quantitative estimate of drug-likeness (QED) is 0.698. The molecule has 106 valence electrons. The first-order chi connectivity index (χ1) is 9.27. The molecule has 2 rings (SSSR count). The molecule has 0 bridgehead atoms. The van der Waals surface area contributed by atoms with Gasteiger partial charge in [0.05, 0.1) is 0 Å². The third-order valence-corrected chi connectivity index (χ3v) is 3.43. The van der Waals surface area contributed by atoms with Gasteiger partial charge in [0.25, 0.3) is 0 Å². The predicted octanol–water partition coefficient (Wildman–Crippen LogP) is 5.53. The van der Waals surface area contributed by atoms with Crippen LogP contribution in [0.4, 0.5) is 4.39 Å². The first-order valence-electron chi connectivity index (χ1n) is 6.82. The van der Waals surface area contributed by atoms with Crippen molar-refractivity contribution in [2.24, 2.45) is 0 Å². The Kier molecular flexibility index (Phi) is 3.85. The first kappa shape index (κ1) is 14.6. The zero-order chi connectivity index (χ0) is 14.9. The summed E-state index contributed by atoms with van der Waals surface area (Å²) in [7, 11) is 0. The molecule has 0 aliphatic heterocycles. The number of ether oxygens (including phenoxy) is 1. The highest BCUT2D eigenvalue weighted by molar-refractivity contribution is 5.42. The molecule has 2 heteroatoms. The van der Waals surface area contributed by atoms with Crippen LogP contribution in [0.15, 0.2) is 36.4 Å².